The molecule has 2 aromatic rings. The van der Waals surface area contributed by atoms with Crippen molar-refractivity contribution in [2.24, 2.45) is 23.7 Å². The first-order valence-electron chi connectivity index (χ1n) is 19.2. The molecule has 2 amide bonds. The Kier molecular flexibility index (Phi) is 14.5. The van der Waals surface area contributed by atoms with Crippen LogP contribution in [0.5, 0.6) is 23.0 Å². The van der Waals surface area contributed by atoms with E-state index in [1.165, 1.54) is 53.0 Å². The minimum absolute atomic E-state index is 0.0143. The van der Waals surface area contributed by atoms with Crippen molar-refractivity contribution >= 4 is 45.9 Å². The minimum atomic E-state index is -2.11. The Labute approximate surface area is 337 Å². The van der Waals surface area contributed by atoms with Gasteiger partial charge in [0.1, 0.15) is 34.7 Å². The number of unbranched alkanes of at least 4 members (excludes halogenated alkanes) is 1. The van der Waals surface area contributed by atoms with Crippen LogP contribution in [0, 0.1) is 30.6 Å². The molecule has 0 saturated heterocycles. The summed E-state index contributed by atoms with van der Waals surface area (Å²) < 4.78 is 28.6. The molecule has 16 heteroatoms. The number of methoxy groups -OCH3 is 1. The third-order valence-electron chi connectivity index (χ3n) is 11.0. The molecule has 2 aromatic carbocycles. The highest BCUT2D eigenvalue weighted by molar-refractivity contribution is 6.24. The van der Waals surface area contributed by atoms with Crippen molar-refractivity contribution in [2.45, 2.75) is 105 Å². The number of rotatable bonds is 6. The fraction of sp³-hybridized carbons (Fsp3) is 0.524. The number of hydrogen-bond acceptors (Lipinski definition) is 14. The number of phenols is 3. The molecule has 0 radical (unpaired) electrons. The van der Waals surface area contributed by atoms with Crippen LogP contribution in [0.3, 0.4) is 0 Å². The molecule has 58 heavy (non-hydrogen) atoms. The number of nitrogens with one attached hydrogen (secondary N) is 2. The fourth-order valence-corrected chi connectivity index (χ4v) is 7.29. The number of phenolic OH excluding ortho intramolecular Hbond substituents is 3. The van der Waals surface area contributed by atoms with Gasteiger partial charge in [0.2, 0.25) is 0 Å². The molecule has 0 aliphatic carbocycles. The molecule has 0 aromatic heterocycles. The lowest BCUT2D eigenvalue weighted by molar-refractivity contribution is -0.160. The zero-order valence-corrected chi connectivity index (χ0v) is 34.5. The lowest BCUT2D eigenvalue weighted by Gasteiger charge is -2.38. The number of aliphatic hydroxyl groups is 2. The van der Waals surface area contributed by atoms with Gasteiger partial charge in [-0.25, -0.2) is 4.79 Å². The normalized spacial score (nSPS) is 30.1. The molecule has 16 nitrogen and oxygen atoms in total. The molecule has 3 aliphatic heterocycles. The summed E-state index contributed by atoms with van der Waals surface area (Å²) in [5.74, 6) is -9.37. The molecule has 0 saturated carbocycles. The van der Waals surface area contributed by atoms with Gasteiger partial charge < -0.3 is 54.5 Å². The van der Waals surface area contributed by atoms with Crippen molar-refractivity contribution in [2.75, 3.05) is 24.4 Å². The van der Waals surface area contributed by atoms with Gasteiger partial charge in [-0.05, 0) is 26.3 Å². The number of Topliss-reactive ketones (excluding diaryl/α,β-unsaturated/α-hetero) is 1. The number of carbonyl (C=O) groups is 4. The van der Waals surface area contributed by atoms with E-state index in [0.717, 1.165) is 6.26 Å². The number of ether oxygens (including phenoxy) is 5. The largest absolute Gasteiger partial charge is 0.507 e. The summed E-state index contributed by atoms with van der Waals surface area (Å²) in [6.45, 7) is 14.1. The third-order valence-corrected chi connectivity index (χ3v) is 11.0. The Hall–Kier alpha value is -5.32. The van der Waals surface area contributed by atoms with Gasteiger partial charge in [0.05, 0.1) is 42.1 Å². The highest BCUT2D eigenvalue weighted by Gasteiger charge is 2.50. The van der Waals surface area contributed by atoms with Gasteiger partial charge in [-0.3, -0.25) is 19.7 Å². The molecular weight excluding hydrogens is 756 g/mol. The van der Waals surface area contributed by atoms with E-state index in [4.69, 9.17) is 23.7 Å². The van der Waals surface area contributed by atoms with Gasteiger partial charge >= 0.3 is 17.8 Å². The second kappa shape index (κ2) is 18.5. The summed E-state index contributed by atoms with van der Waals surface area (Å²) in [6, 6.07) is 0. The maximum absolute atomic E-state index is 14.3. The third kappa shape index (κ3) is 9.03. The molecule has 0 unspecified atom stereocenters. The first-order valence-corrected chi connectivity index (χ1v) is 19.2. The first-order chi connectivity index (χ1) is 27.2. The van der Waals surface area contributed by atoms with E-state index < -0.39 is 117 Å². The Morgan fingerprint density at radius 1 is 0.948 bits per heavy atom. The van der Waals surface area contributed by atoms with Gasteiger partial charge in [0, 0.05) is 61.2 Å². The number of fused-ring (bicyclic) bond motifs is 14. The molecule has 5 bridgehead atoms. The number of benzene rings is 2. The topological polar surface area (TPSA) is 240 Å². The molecule has 0 spiro atoms. The maximum atomic E-state index is 14.3. The Balaban J connectivity index is 1.96. The van der Waals surface area contributed by atoms with Gasteiger partial charge in [0.15, 0.2) is 5.75 Å². The molecule has 3 heterocycles. The number of hydrogen-bond donors (Lipinski definition) is 7. The first kappa shape index (κ1) is 45.4. The van der Waals surface area contributed by atoms with Crippen LogP contribution >= 0.6 is 0 Å². The van der Waals surface area contributed by atoms with Crippen molar-refractivity contribution in [1.82, 2.24) is 0 Å². The van der Waals surface area contributed by atoms with Crippen molar-refractivity contribution in [1.29, 1.82) is 0 Å². The van der Waals surface area contributed by atoms with Crippen LogP contribution in [0.1, 0.15) is 84.2 Å². The molecule has 318 valence electrons. The maximum Gasteiger partial charge on any atom is 0.411 e. The summed E-state index contributed by atoms with van der Waals surface area (Å²) >= 11 is 0. The van der Waals surface area contributed by atoms with E-state index in [9.17, 15) is 44.7 Å². The van der Waals surface area contributed by atoms with Crippen LogP contribution in [-0.4, -0.2) is 93.2 Å². The van der Waals surface area contributed by atoms with E-state index in [-0.39, 0.29) is 29.1 Å². The second-order valence-electron chi connectivity index (χ2n) is 15.2. The zero-order valence-electron chi connectivity index (χ0n) is 34.5. The van der Waals surface area contributed by atoms with Crippen LogP contribution in [0.15, 0.2) is 36.1 Å². The number of amides is 2. The number of aromatic hydroxyl groups is 3. The minimum Gasteiger partial charge on any atom is -0.507 e. The van der Waals surface area contributed by atoms with Crippen LogP contribution < -0.4 is 15.4 Å². The lowest BCUT2D eigenvalue weighted by atomic mass is 9.78. The second-order valence-corrected chi connectivity index (χ2v) is 15.2. The summed E-state index contributed by atoms with van der Waals surface area (Å²) in [4.78, 5) is 53.2. The van der Waals surface area contributed by atoms with Crippen molar-refractivity contribution in [3.8, 4) is 23.0 Å². The average molecular weight is 813 g/mol. The molecule has 0 fully saturated rings. The quantitative estimate of drug-likeness (QED) is 0.0755. The highest BCUT2D eigenvalue weighted by Crippen LogP contribution is 2.57. The van der Waals surface area contributed by atoms with Gasteiger partial charge in [-0.15, -0.1) is 0 Å². The highest BCUT2D eigenvalue weighted by atomic mass is 16.7. The van der Waals surface area contributed by atoms with Gasteiger partial charge in [-0.2, -0.15) is 0 Å². The molecule has 3 aliphatic rings. The lowest BCUT2D eigenvalue weighted by Crippen LogP contribution is -2.46. The summed E-state index contributed by atoms with van der Waals surface area (Å²) in [5.41, 5.74) is -1.29. The average Bonchev–Trinajstić information content (AvgIpc) is 3.44. The van der Waals surface area contributed by atoms with Crippen molar-refractivity contribution in [3.63, 3.8) is 0 Å². The number of esters is 1. The van der Waals surface area contributed by atoms with Crippen molar-refractivity contribution < 1.29 is 68.4 Å². The molecule has 5 rings (SSSR count). The summed E-state index contributed by atoms with van der Waals surface area (Å²) in [6.07, 6.45) is 3.36. The number of allylic oxidation sites excluding steroid dienone is 2. The smallest absolute Gasteiger partial charge is 0.411 e. The predicted molar refractivity (Wildman–Crippen MR) is 214 cm³/mol. The number of ketones is 1. The van der Waals surface area contributed by atoms with Crippen LogP contribution in [0.2, 0.25) is 0 Å². The number of anilines is 2. The van der Waals surface area contributed by atoms with Crippen LogP contribution in [0.25, 0.3) is 10.8 Å². The molecular formula is C42H56N2O14. The van der Waals surface area contributed by atoms with Crippen molar-refractivity contribution in [3.05, 3.63) is 47.3 Å². The van der Waals surface area contributed by atoms with E-state index in [1.54, 1.807) is 33.8 Å². The monoisotopic (exact) mass is 812 g/mol. The SMILES string of the molecule is CCCCOC(=O)Nc1c2c(O)c3c(O)c(C)c4c(c3c1O)C(=O)[C@@](C)(O/C=C/[C@H](OC)[C@@H](C)[C@@H](OC(C)=O)[C@H](C)[C@H](O)[C@H](C)[C@@H](O)[C@@H](C)/C=C/C=C(/C)C(=O)N2)O4. The van der Waals surface area contributed by atoms with Gasteiger partial charge in [0.25, 0.3) is 11.7 Å². The standard InChI is InChI=1S/C42H56N2O14/c1-11-12-17-55-41(53)44-31-30-36(50)28-27(35(31)49)29-38(24(7)34(28)48)58-42(9,39(29)51)56-18-16-26(54-10)21(4)37(57-25(8)45)23(6)33(47)22(5)32(46)19(2)14-13-15-20(3)40(52)43-30/h13-16,18-19,21-23,26,32-33,37,46-50H,11-12,17H2,1-10H3,(H,43,52)(H,44,53)/b14-13+,18-16+,20-15-/t19-,21+,22+,23+,26-,32-,33+,37+,42-/m0/s1. The zero-order chi connectivity index (χ0) is 43.4. The van der Waals surface area contributed by atoms with Crippen LogP contribution in [-0.2, 0) is 28.5 Å². The number of aliphatic hydroxyl groups excluding tert-OH is 2. The van der Waals surface area contributed by atoms with E-state index in [2.05, 4.69) is 10.6 Å². The predicted octanol–water partition coefficient (Wildman–Crippen LogP) is 6.10. The Morgan fingerprint density at radius 2 is 1.62 bits per heavy atom. The summed E-state index contributed by atoms with van der Waals surface area (Å²) in [5, 5.41) is 61.9. The van der Waals surface area contributed by atoms with Crippen LogP contribution in [0.4, 0.5) is 16.2 Å². The summed E-state index contributed by atoms with van der Waals surface area (Å²) in [7, 11) is 1.41. The molecule has 9 atom stereocenters. The number of carbonyl (C=O) groups excluding carboxylic acids is 4. The fourth-order valence-electron chi connectivity index (χ4n) is 7.29. The Morgan fingerprint density at radius 3 is 2.24 bits per heavy atom. The Bertz CT molecular complexity index is 2010. The van der Waals surface area contributed by atoms with Gasteiger partial charge in [-0.1, -0.05) is 59.3 Å². The van der Waals surface area contributed by atoms with E-state index in [0.29, 0.717) is 12.8 Å². The molecule has 7 N–H and O–H groups in total. The van der Waals surface area contributed by atoms with E-state index in [1.807, 2.05) is 6.92 Å². The van der Waals surface area contributed by atoms with E-state index >= 15 is 0 Å².